The van der Waals surface area contributed by atoms with Crippen LogP contribution in [0.15, 0.2) is 12.1 Å². The summed E-state index contributed by atoms with van der Waals surface area (Å²) in [5.74, 6) is -0.828. The quantitative estimate of drug-likeness (QED) is 0.734. The maximum atomic E-state index is 12.9. The molecule has 1 aromatic rings. The van der Waals surface area contributed by atoms with Gasteiger partial charge in [0.1, 0.15) is 5.82 Å². The van der Waals surface area contributed by atoms with E-state index in [0.29, 0.717) is 12.1 Å². The largest absolute Gasteiger partial charge is 0.417 e. The van der Waals surface area contributed by atoms with Crippen molar-refractivity contribution in [2.75, 3.05) is 0 Å². The van der Waals surface area contributed by atoms with Gasteiger partial charge < -0.3 is 5.73 Å². The molecule has 1 rings (SSSR count). The fraction of sp³-hybridized carbons (Fsp3) is 0.250. The van der Waals surface area contributed by atoms with Gasteiger partial charge >= 0.3 is 6.18 Å². The van der Waals surface area contributed by atoms with Crippen molar-refractivity contribution >= 4 is 11.6 Å². The highest BCUT2D eigenvalue weighted by atomic mass is 35.5. The van der Waals surface area contributed by atoms with Crippen molar-refractivity contribution < 1.29 is 17.6 Å². The first kappa shape index (κ1) is 11.3. The molecule has 6 heteroatoms. The third-order valence-electron chi connectivity index (χ3n) is 1.66. The second kappa shape index (κ2) is 3.74. The average Bonchev–Trinajstić information content (AvgIpc) is 2.02. The normalized spacial score (nSPS) is 11.9. The van der Waals surface area contributed by atoms with Crippen LogP contribution in [0.25, 0.3) is 0 Å². The molecule has 0 saturated heterocycles. The Morgan fingerprint density at radius 2 is 1.86 bits per heavy atom. The van der Waals surface area contributed by atoms with Crippen molar-refractivity contribution in [3.05, 3.63) is 34.1 Å². The maximum Gasteiger partial charge on any atom is 0.417 e. The molecular weight excluding hydrogens is 222 g/mol. The Morgan fingerprint density at radius 1 is 1.29 bits per heavy atom. The van der Waals surface area contributed by atoms with E-state index in [-0.39, 0.29) is 12.1 Å². The Balaban J connectivity index is 3.32. The van der Waals surface area contributed by atoms with Crippen LogP contribution in [0.3, 0.4) is 0 Å². The van der Waals surface area contributed by atoms with Gasteiger partial charge in [0.2, 0.25) is 0 Å². The standard InChI is InChI=1S/C8H6ClF4N/c9-6-2-7(10)4(3-14)1-5(6)8(11,12)13/h1-2H,3,14H2. The Bertz CT molecular complexity index is 348. The van der Waals surface area contributed by atoms with Crippen molar-refractivity contribution in [1.82, 2.24) is 0 Å². The molecule has 0 fully saturated rings. The lowest BCUT2D eigenvalue weighted by Gasteiger charge is -2.10. The fourth-order valence-electron chi connectivity index (χ4n) is 0.967. The Labute approximate surface area is 82.5 Å². The molecule has 0 saturated carbocycles. The lowest BCUT2D eigenvalue weighted by atomic mass is 10.1. The highest BCUT2D eigenvalue weighted by Crippen LogP contribution is 2.35. The monoisotopic (exact) mass is 227 g/mol. The second-order valence-electron chi connectivity index (χ2n) is 2.63. The van der Waals surface area contributed by atoms with Crippen molar-refractivity contribution in [2.45, 2.75) is 12.7 Å². The van der Waals surface area contributed by atoms with Gasteiger partial charge in [0.15, 0.2) is 0 Å². The van der Waals surface area contributed by atoms with E-state index in [1.54, 1.807) is 0 Å². The summed E-state index contributed by atoms with van der Waals surface area (Å²) in [6.07, 6.45) is -4.59. The first-order valence-corrected chi connectivity index (χ1v) is 3.99. The van der Waals surface area contributed by atoms with Gasteiger partial charge in [0.25, 0.3) is 0 Å². The molecular formula is C8H6ClF4N. The molecule has 0 aliphatic heterocycles. The van der Waals surface area contributed by atoms with Gasteiger partial charge in [-0.05, 0) is 12.1 Å². The fourth-order valence-corrected chi connectivity index (χ4v) is 1.22. The SMILES string of the molecule is NCc1cc(C(F)(F)F)c(Cl)cc1F. The Hall–Kier alpha value is -0.810. The predicted molar refractivity (Wildman–Crippen MR) is 44.3 cm³/mol. The molecule has 78 valence electrons. The lowest BCUT2D eigenvalue weighted by Crippen LogP contribution is -2.09. The van der Waals surface area contributed by atoms with Gasteiger partial charge in [0.05, 0.1) is 10.6 Å². The highest BCUT2D eigenvalue weighted by molar-refractivity contribution is 6.31. The summed E-state index contributed by atoms with van der Waals surface area (Å²) in [4.78, 5) is 0. The van der Waals surface area contributed by atoms with Crippen LogP contribution in [0.2, 0.25) is 5.02 Å². The minimum atomic E-state index is -4.59. The molecule has 14 heavy (non-hydrogen) atoms. The minimum absolute atomic E-state index is 0.207. The van der Waals surface area contributed by atoms with Crippen LogP contribution in [-0.4, -0.2) is 0 Å². The van der Waals surface area contributed by atoms with Crippen molar-refractivity contribution in [3.63, 3.8) is 0 Å². The average molecular weight is 228 g/mol. The van der Waals surface area contributed by atoms with Gasteiger partial charge in [-0.15, -0.1) is 0 Å². The van der Waals surface area contributed by atoms with Gasteiger partial charge in [-0.3, -0.25) is 0 Å². The summed E-state index contributed by atoms with van der Waals surface area (Å²) in [5, 5.41) is -0.660. The number of nitrogens with two attached hydrogens (primary N) is 1. The van der Waals surface area contributed by atoms with Crippen LogP contribution in [0.1, 0.15) is 11.1 Å². The number of rotatable bonds is 1. The molecule has 0 atom stereocenters. The molecule has 0 heterocycles. The smallest absolute Gasteiger partial charge is 0.326 e. The lowest BCUT2D eigenvalue weighted by molar-refractivity contribution is -0.137. The summed E-state index contributed by atoms with van der Waals surface area (Å²) in [6.45, 7) is -0.300. The molecule has 0 bridgehead atoms. The molecule has 0 amide bonds. The summed E-state index contributed by atoms with van der Waals surface area (Å²) in [5.41, 5.74) is 3.79. The van der Waals surface area contributed by atoms with Crippen molar-refractivity contribution in [3.8, 4) is 0 Å². The summed E-state index contributed by atoms with van der Waals surface area (Å²) < 4.78 is 49.6. The molecule has 0 aliphatic carbocycles. The van der Waals surface area contributed by atoms with E-state index < -0.39 is 22.6 Å². The Kier molecular flexibility index (Phi) is 3.01. The van der Waals surface area contributed by atoms with Crippen LogP contribution in [0.4, 0.5) is 17.6 Å². The molecule has 0 radical (unpaired) electrons. The zero-order valence-corrected chi connectivity index (χ0v) is 7.58. The molecule has 0 unspecified atom stereocenters. The Morgan fingerprint density at radius 3 is 2.29 bits per heavy atom. The maximum absolute atomic E-state index is 12.9. The first-order chi connectivity index (χ1) is 6.36. The van der Waals surface area contributed by atoms with E-state index in [1.807, 2.05) is 0 Å². The van der Waals surface area contributed by atoms with E-state index in [4.69, 9.17) is 17.3 Å². The van der Waals surface area contributed by atoms with E-state index in [2.05, 4.69) is 0 Å². The predicted octanol–water partition coefficient (Wildman–Crippen LogP) is 2.96. The van der Waals surface area contributed by atoms with Gasteiger partial charge in [0, 0.05) is 12.1 Å². The van der Waals surface area contributed by atoms with Crippen LogP contribution < -0.4 is 5.73 Å². The molecule has 1 nitrogen and oxygen atoms in total. The van der Waals surface area contributed by atoms with Gasteiger partial charge in [-0.25, -0.2) is 4.39 Å². The van der Waals surface area contributed by atoms with E-state index in [9.17, 15) is 17.6 Å². The second-order valence-corrected chi connectivity index (χ2v) is 3.03. The highest BCUT2D eigenvalue weighted by Gasteiger charge is 2.33. The zero-order valence-electron chi connectivity index (χ0n) is 6.83. The number of halogens is 5. The van der Waals surface area contributed by atoms with E-state index in [0.717, 1.165) is 0 Å². The van der Waals surface area contributed by atoms with Crippen LogP contribution >= 0.6 is 11.6 Å². The van der Waals surface area contributed by atoms with E-state index in [1.165, 1.54) is 0 Å². The number of alkyl halides is 3. The van der Waals surface area contributed by atoms with Crippen molar-refractivity contribution in [1.29, 1.82) is 0 Å². The molecule has 0 aliphatic rings. The third-order valence-corrected chi connectivity index (χ3v) is 1.97. The first-order valence-electron chi connectivity index (χ1n) is 3.61. The summed E-state index contributed by atoms with van der Waals surface area (Å²) in [7, 11) is 0. The number of hydrogen-bond donors (Lipinski definition) is 1. The van der Waals surface area contributed by atoms with Gasteiger partial charge in [-0.2, -0.15) is 13.2 Å². The number of benzene rings is 1. The van der Waals surface area contributed by atoms with E-state index >= 15 is 0 Å². The summed E-state index contributed by atoms with van der Waals surface area (Å²) in [6, 6.07) is 1.24. The van der Waals surface area contributed by atoms with Crippen LogP contribution in [0.5, 0.6) is 0 Å². The third kappa shape index (κ3) is 2.16. The molecule has 1 aromatic carbocycles. The molecule has 0 aromatic heterocycles. The number of hydrogen-bond acceptors (Lipinski definition) is 1. The molecule has 2 N–H and O–H groups in total. The van der Waals surface area contributed by atoms with Crippen molar-refractivity contribution in [2.24, 2.45) is 5.73 Å². The topological polar surface area (TPSA) is 26.0 Å². The van der Waals surface area contributed by atoms with Crippen LogP contribution in [-0.2, 0) is 12.7 Å². The van der Waals surface area contributed by atoms with Crippen LogP contribution in [0, 0.1) is 5.82 Å². The molecule has 0 spiro atoms. The summed E-state index contributed by atoms with van der Waals surface area (Å²) >= 11 is 5.24. The zero-order chi connectivity index (χ0) is 10.9. The van der Waals surface area contributed by atoms with Gasteiger partial charge in [-0.1, -0.05) is 11.6 Å². The minimum Gasteiger partial charge on any atom is -0.326 e.